The van der Waals surface area contributed by atoms with Crippen LogP contribution >= 0.6 is 45.9 Å². The largest absolute Gasteiger partial charge is 0.303 e. The van der Waals surface area contributed by atoms with Gasteiger partial charge in [0, 0.05) is 11.3 Å². The highest BCUT2D eigenvalue weighted by molar-refractivity contribution is 7.20. The molecule has 21 heavy (non-hydrogen) atoms. The molecule has 110 valence electrons. The third-order valence-electron chi connectivity index (χ3n) is 3.37. The number of rotatable bonds is 3. The van der Waals surface area contributed by atoms with Crippen molar-refractivity contribution in [1.29, 1.82) is 0 Å². The average Bonchev–Trinajstić information content (AvgIpc) is 2.99. The lowest BCUT2D eigenvalue weighted by molar-refractivity contribution is -0.118. The van der Waals surface area contributed by atoms with E-state index in [0.29, 0.717) is 20.7 Å². The molecule has 0 aromatic carbocycles. The zero-order chi connectivity index (χ0) is 15.0. The van der Waals surface area contributed by atoms with Gasteiger partial charge in [-0.1, -0.05) is 23.2 Å². The average molecular weight is 360 g/mol. The van der Waals surface area contributed by atoms with E-state index in [-0.39, 0.29) is 18.2 Å². The van der Waals surface area contributed by atoms with Gasteiger partial charge in [0.15, 0.2) is 5.78 Å². The second kappa shape index (κ2) is 6.08. The Morgan fingerprint density at radius 2 is 2.14 bits per heavy atom. The molecule has 0 fully saturated rings. The van der Waals surface area contributed by atoms with Crippen LogP contribution in [0.3, 0.4) is 0 Å². The van der Waals surface area contributed by atoms with Crippen molar-refractivity contribution in [3.8, 4) is 0 Å². The van der Waals surface area contributed by atoms with Crippen LogP contribution in [0.4, 0.5) is 5.69 Å². The van der Waals surface area contributed by atoms with Crippen LogP contribution in [-0.4, -0.2) is 18.2 Å². The van der Waals surface area contributed by atoms with Crippen molar-refractivity contribution in [3.05, 3.63) is 36.6 Å². The molecular formula is C14H11Cl2NO2S2. The van der Waals surface area contributed by atoms with Crippen LogP contribution in [0, 0.1) is 0 Å². The quantitative estimate of drug-likeness (QED) is 0.746. The zero-order valence-corrected chi connectivity index (χ0v) is 14.0. The standard InChI is InChI=1S/C14H11Cl2NO2S2/c15-12-6-8(14(16)21-12)10(18)7-17-9-4-5-20-11(9)2-1-3-13(17)19/h4-6H,1-3,7H2. The van der Waals surface area contributed by atoms with Crippen LogP contribution < -0.4 is 4.90 Å². The van der Waals surface area contributed by atoms with E-state index >= 15 is 0 Å². The first-order valence-electron chi connectivity index (χ1n) is 6.41. The molecule has 1 amide bonds. The number of halogens is 2. The number of hydrogen-bond donors (Lipinski definition) is 0. The smallest absolute Gasteiger partial charge is 0.227 e. The monoisotopic (exact) mass is 359 g/mol. The maximum absolute atomic E-state index is 12.4. The van der Waals surface area contributed by atoms with Crippen LogP contribution in [-0.2, 0) is 11.2 Å². The second-order valence-electron chi connectivity index (χ2n) is 4.72. The van der Waals surface area contributed by atoms with Gasteiger partial charge < -0.3 is 4.90 Å². The molecule has 0 unspecified atom stereocenters. The van der Waals surface area contributed by atoms with E-state index in [0.717, 1.165) is 34.7 Å². The van der Waals surface area contributed by atoms with Crippen LogP contribution in [0.1, 0.15) is 28.1 Å². The molecule has 0 atom stereocenters. The Labute approximate surface area is 140 Å². The first kappa shape index (κ1) is 15.0. The maximum Gasteiger partial charge on any atom is 0.227 e. The highest BCUT2D eigenvalue weighted by atomic mass is 35.5. The number of hydrogen-bond acceptors (Lipinski definition) is 4. The van der Waals surface area contributed by atoms with E-state index in [9.17, 15) is 9.59 Å². The van der Waals surface area contributed by atoms with Gasteiger partial charge in [-0.3, -0.25) is 9.59 Å². The van der Waals surface area contributed by atoms with E-state index in [1.165, 1.54) is 0 Å². The molecule has 3 rings (SSSR count). The fourth-order valence-corrected chi connectivity index (χ4v) is 4.78. The molecule has 1 aliphatic rings. The SMILES string of the molecule is O=C(CN1C(=O)CCCc2sccc21)c1cc(Cl)sc1Cl. The first-order chi connectivity index (χ1) is 10.1. The molecule has 0 saturated heterocycles. The van der Waals surface area contributed by atoms with Crippen molar-refractivity contribution in [2.75, 3.05) is 11.4 Å². The number of aryl methyl sites for hydroxylation is 1. The number of amides is 1. The summed E-state index contributed by atoms with van der Waals surface area (Å²) in [6.07, 6.45) is 2.17. The van der Waals surface area contributed by atoms with Gasteiger partial charge in [0.1, 0.15) is 4.34 Å². The molecule has 0 N–H and O–H groups in total. The third kappa shape index (κ3) is 3.01. The number of carbonyl (C=O) groups excluding carboxylic acids is 2. The maximum atomic E-state index is 12.4. The molecule has 2 aromatic heterocycles. The summed E-state index contributed by atoms with van der Waals surface area (Å²) in [6, 6.07) is 3.46. The Morgan fingerprint density at radius 1 is 1.33 bits per heavy atom. The predicted octanol–water partition coefficient (Wildman–Crippen LogP) is 4.67. The van der Waals surface area contributed by atoms with E-state index in [1.54, 1.807) is 22.3 Å². The minimum absolute atomic E-state index is 0.00927. The van der Waals surface area contributed by atoms with Gasteiger partial charge in [-0.05, 0) is 30.4 Å². The van der Waals surface area contributed by atoms with E-state index in [1.807, 2.05) is 11.4 Å². The number of fused-ring (bicyclic) bond motifs is 1. The zero-order valence-electron chi connectivity index (χ0n) is 10.9. The summed E-state index contributed by atoms with van der Waals surface area (Å²) in [5, 5.41) is 1.95. The number of nitrogens with zero attached hydrogens (tertiary/aromatic N) is 1. The highest BCUT2D eigenvalue weighted by Gasteiger charge is 2.26. The number of carbonyl (C=O) groups is 2. The van der Waals surface area contributed by atoms with Crippen LogP contribution in [0.25, 0.3) is 0 Å². The number of thiophene rings is 2. The van der Waals surface area contributed by atoms with Gasteiger partial charge in [-0.25, -0.2) is 0 Å². The lowest BCUT2D eigenvalue weighted by atomic mass is 10.2. The van der Waals surface area contributed by atoms with Gasteiger partial charge in [-0.2, -0.15) is 0 Å². The molecule has 0 radical (unpaired) electrons. The fraction of sp³-hybridized carbons (Fsp3) is 0.286. The second-order valence-corrected chi connectivity index (χ2v) is 8.01. The molecule has 0 aliphatic carbocycles. The normalized spacial score (nSPS) is 15.0. The molecular weight excluding hydrogens is 349 g/mol. The van der Waals surface area contributed by atoms with E-state index < -0.39 is 0 Å². The molecule has 2 aromatic rings. The fourth-order valence-electron chi connectivity index (χ4n) is 2.36. The molecule has 3 nitrogen and oxygen atoms in total. The molecule has 0 saturated carbocycles. The Kier molecular flexibility index (Phi) is 4.36. The summed E-state index contributed by atoms with van der Waals surface area (Å²) in [7, 11) is 0. The topological polar surface area (TPSA) is 37.4 Å². The van der Waals surface area contributed by atoms with Crippen molar-refractivity contribution >= 4 is 63.3 Å². The summed E-state index contributed by atoms with van der Waals surface area (Å²) >= 11 is 14.7. The Balaban J connectivity index is 1.88. The lowest BCUT2D eigenvalue weighted by Gasteiger charge is -2.20. The molecule has 3 heterocycles. The number of Topliss-reactive ketones (excluding diaryl/α,β-unsaturated/α-hetero) is 1. The Bertz CT molecular complexity index is 708. The Hall–Kier alpha value is -0.880. The van der Waals surface area contributed by atoms with Crippen molar-refractivity contribution in [2.45, 2.75) is 19.3 Å². The summed E-state index contributed by atoms with van der Waals surface area (Å²) in [6.45, 7) is 0.00927. The van der Waals surface area contributed by atoms with Gasteiger partial charge >= 0.3 is 0 Å². The van der Waals surface area contributed by atoms with Gasteiger partial charge in [0.2, 0.25) is 5.91 Å². The van der Waals surface area contributed by atoms with Crippen molar-refractivity contribution in [3.63, 3.8) is 0 Å². The van der Waals surface area contributed by atoms with Crippen LogP contribution in [0.5, 0.6) is 0 Å². The molecule has 0 spiro atoms. The summed E-state index contributed by atoms with van der Waals surface area (Å²) < 4.78 is 0.847. The minimum Gasteiger partial charge on any atom is -0.303 e. The molecule has 1 aliphatic heterocycles. The highest BCUT2D eigenvalue weighted by Crippen LogP contribution is 2.34. The summed E-state index contributed by atoms with van der Waals surface area (Å²) in [5.74, 6) is -0.200. The van der Waals surface area contributed by atoms with E-state index in [2.05, 4.69) is 0 Å². The Morgan fingerprint density at radius 3 is 2.86 bits per heavy atom. The van der Waals surface area contributed by atoms with Crippen LogP contribution in [0.2, 0.25) is 8.67 Å². The molecule has 0 bridgehead atoms. The van der Waals surface area contributed by atoms with Gasteiger partial charge in [-0.15, -0.1) is 22.7 Å². The summed E-state index contributed by atoms with van der Waals surface area (Å²) in [5.41, 5.74) is 1.24. The van der Waals surface area contributed by atoms with Gasteiger partial charge in [0.05, 0.1) is 22.1 Å². The molecule has 7 heteroatoms. The lowest BCUT2D eigenvalue weighted by Crippen LogP contribution is -2.35. The van der Waals surface area contributed by atoms with Crippen molar-refractivity contribution < 1.29 is 9.59 Å². The van der Waals surface area contributed by atoms with Gasteiger partial charge in [0.25, 0.3) is 0 Å². The predicted molar refractivity (Wildman–Crippen MR) is 88.3 cm³/mol. The van der Waals surface area contributed by atoms with Crippen molar-refractivity contribution in [2.24, 2.45) is 0 Å². The summed E-state index contributed by atoms with van der Waals surface area (Å²) in [4.78, 5) is 27.4. The van der Waals surface area contributed by atoms with Crippen LogP contribution in [0.15, 0.2) is 17.5 Å². The van der Waals surface area contributed by atoms with E-state index in [4.69, 9.17) is 23.2 Å². The number of anilines is 1. The van der Waals surface area contributed by atoms with Crippen molar-refractivity contribution in [1.82, 2.24) is 0 Å². The number of ketones is 1. The third-order valence-corrected chi connectivity index (χ3v) is 5.82. The first-order valence-corrected chi connectivity index (χ1v) is 8.86. The minimum atomic E-state index is -0.185.